The fraction of sp³-hybridized carbons (Fsp3) is 0.800. The number of carboxylic acid groups (broad SMARTS) is 1. The summed E-state index contributed by atoms with van der Waals surface area (Å²) in [6.07, 6.45) is 2.16. The zero-order chi connectivity index (χ0) is 12.0. The summed E-state index contributed by atoms with van der Waals surface area (Å²) in [5, 5.41) is 14.6. The van der Waals surface area contributed by atoms with E-state index in [1.54, 1.807) is 0 Å². The second kappa shape index (κ2) is 6.32. The van der Waals surface area contributed by atoms with Gasteiger partial charge >= 0.3 is 12.0 Å². The molecule has 0 spiro atoms. The van der Waals surface area contributed by atoms with Crippen LogP contribution in [-0.2, 0) is 4.79 Å². The molecule has 1 aliphatic heterocycles. The van der Waals surface area contributed by atoms with Crippen molar-refractivity contribution < 1.29 is 14.7 Å². The Bertz CT molecular complexity index is 258. The van der Waals surface area contributed by atoms with E-state index < -0.39 is 12.0 Å². The highest BCUT2D eigenvalue weighted by molar-refractivity contribution is 5.83. The number of carboxylic acids is 1. The first-order chi connectivity index (χ1) is 7.66. The zero-order valence-corrected chi connectivity index (χ0v) is 9.53. The molecule has 3 N–H and O–H groups in total. The van der Waals surface area contributed by atoms with Crippen LogP contribution in [0.5, 0.6) is 0 Å². The number of nitrogens with zero attached hydrogens (tertiary/aromatic N) is 1. The van der Waals surface area contributed by atoms with Crippen molar-refractivity contribution in [2.45, 2.75) is 25.3 Å². The Balaban J connectivity index is 2.32. The van der Waals surface area contributed by atoms with E-state index in [0.29, 0.717) is 19.5 Å². The Morgan fingerprint density at radius 1 is 1.44 bits per heavy atom. The minimum absolute atomic E-state index is 0.263. The molecule has 0 radical (unpaired) electrons. The molecular formula is C10H19N3O3. The average Bonchev–Trinajstić information content (AvgIpc) is 2.73. The largest absolute Gasteiger partial charge is 0.480 e. The number of carbonyl (C=O) groups is 2. The van der Waals surface area contributed by atoms with Gasteiger partial charge in [-0.1, -0.05) is 0 Å². The predicted octanol–water partition coefficient (Wildman–Crippen LogP) is -0.145. The number of rotatable bonds is 5. The maximum Gasteiger partial charge on any atom is 0.326 e. The smallest absolute Gasteiger partial charge is 0.326 e. The lowest BCUT2D eigenvalue weighted by molar-refractivity contribution is -0.141. The number of amides is 2. The Morgan fingerprint density at radius 3 is 2.81 bits per heavy atom. The number of carbonyl (C=O) groups excluding carboxylic acids is 1. The van der Waals surface area contributed by atoms with Crippen molar-refractivity contribution in [3.63, 3.8) is 0 Å². The first kappa shape index (κ1) is 12.8. The zero-order valence-electron chi connectivity index (χ0n) is 9.53. The van der Waals surface area contributed by atoms with Gasteiger partial charge in [-0.05, 0) is 32.9 Å². The molecule has 2 amide bonds. The quantitative estimate of drug-likeness (QED) is 0.573. The van der Waals surface area contributed by atoms with E-state index in [9.17, 15) is 9.59 Å². The predicted molar refractivity (Wildman–Crippen MR) is 59.3 cm³/mol. The lowest BCUT2D eigenvalue weighted by atomic mass is 10.2. The summed E-state index contributed by atoms with van der Waals surface area (Å²) in [7, 11) is 1.85. The third-order valence-electron chi connectivity index (χ3n) is 2.68. The van der Waals surface area contributed by atoms with Crippen molar-refractivity contribution in [2.75, 3.05) is 26.7 Å². The summed E-state index contributed by atoms with van der Waals surface area (Å²) >= 11 is 0. The summed E-state index contributed by atoms with van der Waals surface area (Å²) in [5.41, 5.74) is 0. The van der Waals surface area contributed by atoms with Crippen molar-refractivity contribution in [3.05, 3.63) is 0 Å². The van der Waals surface area contributed by atoms with Gasteiger partial charge in [-0.2, -0.15) is 0 Å². The highest BCUT2D eigenvalue weighted by atomic mass is 16.4. The fourth-order valence-electron chi connectivity index (χ4n) is 1.83. The average molecular weight is 229 g/mol. The number of nitrogens with one attached hydrogen (secondary N) is 2. The molecule has 1 saturated heterocycles. The lowest BCUT2D eigenvalue weighted by Crippen LogP contribution is -2.46. The van der Waals surface area contributed by atoms with Gasteiger partial charge in [-0.3, -0.25) is 0 Å². The monoisotopic (exact) mass is 229 g/mol. The Kier molecular flexibility index (Phi) is 5.04. The summed E-state index contributed by atoms with van der Waals surface area (Å²) < 4.78 is 0. The van der Waals surface area contributed by atoms with Crippen molar-refractivity contribution in [1.82, 2.24) is 15.5 Å². The van der Waals surface area contributed by atoms with Crippen LogP contribution in [-0.4, -0.2) is 54.7 Å². The molecule has 1 atom stereocenters. The molecule has 6 nitrogen and oxygen atoms in total. The second-order valence-corrected chi connectivity index (χ2v) is 3.88. The van der Waals surface area contributed by atoms with E-state index in [0.717, 1.165) is 19.4 Å². The van der Waals surface area contributed by atoms with Crippen LogP contribution in [0.15, 0.2) is 0 Å². The van der Waals surface area contributed by atoms with Crippen molar-refractivity contribution >= 4 is 12.0 Å². The third kappa shape index (κ3) is 3.37. The van der Waals surface area contributed by atoms with Crippen LogP contribution in [0.2, 0.25) is 0 Å². The van der Waals surface area contributed by atoms with E-state index in [-0.39, 0.29) is 6.03 Å². The van der Waals surface area contributed by atoms with E-state index in [4.69, 9.17) is 5.11 Å². The van der Waals surface area contributed by atoms with Crippen LogP contribution >= 0.6 is 0 Å². The molecule has 0 aromatic carbocycles. The lowest BCUT2D eigenvalue weighted by Gasteiger charge is -2.21. The molecule has 1 fully saturated rings. The standard InChI is InChI=1S/C10H19N3O3/c1-11-5-3-6-12-10(16)13-7-2-4-8(13)9(14)15/h8,11H,2-7H2,1H3,(H,12,16)(H,14,15). The van der Waals surface area contributed by atoms with Gasteiger partial charge in [0.25, 0.3) is 0 Å². The van der Waals surface area contributed by atoms with Crippen LogP contribution in [0, 0.1) is 0 Å². The van der Waals surface area contributed by atoms with E-state index in [1.807, 2.05) is 7.05 Å². The number of hydrogen-bond acceptors (Lipinski definition) is 3. The molecule has 6 heteroatoms. The van der Waals surface area contributed by atoms with Crippen LogP contribution in [0.3, 0.4) is 0 Å². The molecule has 0 bridgehead atoms. The maximum atomic E-state index is 11.7. The SMILES string of the molecule is CNCCCNC(=O)N1CCCC1C(=O)O. The highest BCUT2D eigenvalue weighted by Crippen LogP contribution is 2.16. The first-order valence-corrected chi connectivity index (χ1v) is 5.58. The Morgan fingerprint density at radius 2 is 2.19 bits per heavy atom. The van der Waals surface area contributed by atoms with Crippen molar-refractivity contribution in [2.24, 2.45) is 0 Å². The van der Waals surface area contributed by atoms with Gasteiger partial charge in [0, 0.05) is 13.1 Å². The molecule has 1 rings (SSSR count). The number of urea groups is 1. The van der Waals surface area contributed by atoms with Crippen LogP contribution in [0.25, 0.3) is 0 Å². The second-order valence-electron chi connectivity index (χ2n) is 3.88. The summed E-state index contributed by atoms with van der Waals surface area (Å²) in [6.45, 7) is 1.94. The summed E-state index contributed by atoms with van der Waals surface area (Å²) in [5.74, 6) is -0.914. The normalized spacial score (nSPS) is 19.8. The number of aliphatic carboxylic acids is 1. The molecule has 1 heterocycles. The van der Waals surface area contributed by atoms with Gasteiger partial charge in [-0.15, -0.1) is 0 Å². The molecule has 16 heavy (non-hydrogen) atoms. The molecule has 0 aromatic rings. The van der Waals surface area contributed by atoms with E-state index in [1.165, 1.54) is 4.90 Å². The van der Waals surface area contributed by atoms with Crippen LogP contribution < -0.4 is 10.6 Å². The molecule has 1 aliphatic rings. The summed E-state index contributed by atoms with van der Waals surface area (Å²) in [4.78, 5) is 23.9. The van der Waals surface area contributed by atoms with Crippen molar-refractivity contribution in [1.29, 1.82) is 0 Å². The van der Waals surface area contributed by atoms with E-state index >= 15 is 0 Å². The van der Waals surface area contributed by atoms with Gasteiger partial charge < -0.3 is 20.6 Å². The van der Waals surface area contributed by atoms with Crippen molar-refractivity contribution in [3.8, 4) is 0 Å². The minimum atomic E-state index is -0.914. The number of likely N-dealkylation sites (tertiary alicyclic amines) is 1. The van der Waals surface area contributed by atoms with E-state index in [2.05, 4.69) is 10.6 Å². The molecule has 1 unspecified atom stereocenters. The molecule has 0 aromatic heterocycles. The topological polar surface area (TPSA) is 81.7 Å². The fourth-order valence-corrected chi connectivity index (χ4v) is 1.83. The van der Waals surface area contributed by atoms with Gasteiger partial charge in [0.2, 0.25) is 0 Å². The Hall–Kier alpha value is -1.30. The van der Waals surface area contributed by atoms with Gasteiger partial charge in [0.15, 0.2) is 0 Å². The molecule has 0 aliphatic carbocycles. The molecular weight excluding hydrogens is 210 g/mol. The minimum Gasteiger partial charge on any atom is -0.480 e. The summed E-state index contributed by atoms with van der Waals surface area (Å²) in [6, 6.07) is -0.912. The van der Waals surface area contributed by atoms with Crippen LogP contribution in [0.4, 0.5) is 4.79 Å². The van der Waals surface area contributed by atoms with Gasteiger partial charge in [0.1, 0.15) is 6.04 Å². The number of hydrogen-bond donors (Lipinski definition) is 3. The van der Waals surface area contributed by atoms with Gasteiger partial charge in [-0.25, -0.2) is 9.59 Å². The van der Waals surface area contributed by atoms with Crippen LogP contribution in [0.1, 0.15) is 19.3 Å². The maximum absolute atomic E-state index is 11.7. The van der Waals surface area contributed by atoms with Gasteiger partial charge in [0.05, 0.1) is 0 Å². The third-order valence-corrected chi connectivity index (χ3v) is 2.68. The Labute approximate surface area is 95.0 Å². The molecule has 92 valence electrons. The highest BCUT2D eigenvalue weighted by Gasteiger charge is 2.33. The first-order valence-electron chi connectivity index (χ1n) is 5.58. The molecule has 0 saturated carbocycles.